The van der Waals surface area contributed by atoms with Gasteiger partial charge in [0.2, 0.25) is 0 Å². The molecule has 0 aliphatic carbocycles. The summed E-state index contributed by atoms with van der Waals surface area (Å²) in [6.45, 7) is 3.72. The van der Waals surface area contributed by atoms with Crippen molar-refractivity contribution in [1.82, 2.24) is 0 Å². The Morgan fingerprint density at radius 2 is 1.83 bits per heavy atom. The molecule has 0 unspecified atom stereocenters. The van der Waals surface area contributed by atoms with Crippen LogP contribution in [-0.4, -0.2) is 12.6 Å². The SMILES string of the molecule is CCOC(=O)c1cccc2c(=O)c(C)c(-c3ccccc3)oc12. The van der Waals surface area contributed by atoms with Gasteiger partial charge < -0.3 is 9.15 Å². The van der Waals surface area contributed by atoms with Crippen LogP contribution in [0, 0.1) is 6.92 Å². The molecular formula is C19H16O4. The van der Waals surface area contributed by atoms with Crippen LogP contribution in [0.4, 0.5) is 0 Å². The number of rotatable bonds is 3. The third-order valence-corrected chi connectivity index (χ3v) is 3.68. The Morgan fingerprint density at radius 1 is 1.09 bits per heavy atom. The molecule has 0 N–H and O–H groups in total. The average molecular weight is 308 g/mol. The van der Waals surface area contributed by atoms with Crippen LogP contribution in [0.2, 0.25) is 0 Å². The summed E-state index contributed by atoms with van der Waals surface area (Å²) >= 11 is 0. The predicted molar refractivity (Wildman–Crippen MR) is 88.6 cm³/mol. The number of hydrogen-bond donors (Lipinski definition) is 0. The molecule has 0 bridgehead atoms. The van der Waals surface area contributed by atoms with Gasteiger partial charge in [-0.3, -0.25) is 4.79 Å². The van der Waals surface area contributed by atoms with Crippen LogP contribution in [0.1, 0.15) is 22.8 Å². The molecule has 0 aliphatic rings. The lowest BCUT2D eigenvalue weighted by atomic mass is 10.0. The van der Waals surface area contributed by atoms with Crippen LogP contribution in [0.3, 0.4) is 0 Å². The highest BCUT2D eigenvalue weighted by Crippen LogP contribution is 2.27. The zero-order chi connectivity index (χ0) is 16.4. The minimum atomic E-state index is -0.496. The normalized spacial score (nSPS) is 10.7. The molecule has 4 nitrogen and oxygen atoms in total. The lowest BCUT2D eigenvalue weighted by Crippen LogP contribution is -2.11. The number of benzene rings is 2. The van der Waals surface area contributed by atoms with Crippen LogP contribution < -0.4 is 5.43 Å². The Balaban J connectivity index is 2.33. The van der Waals surface area contributed by atoms with Gasteiger partial charge in [-0.2, -0.15) is 0 Å². The summed E-state index contributed by atoms with van der Waals surface area (Å²) in [4.78, 5) is 24.8. The van der Waals surface area contributed by atoms with Gasteiger partial charge in [-0.05, 0) is 26.0 Å². The molecule has 3 rings (SSSR count). The smallest absolute Gasteiger partial charge is 0.341 e. The highest BCUT2D eigenvalue weighted by Gasteiger charge is 2.18. The van der Waals surface area contributed by atoms with E-state index in [0.29, 0.717) is 16.7 Å². The lowest BCUT2D eigenvalue weighted by molar-refractivity contribution is 0.0527. The molecule has 3 aromatic rings. The molecule has 1 heterocycles. The monoisotopic (exact) mass is 308 g/mol. The van der Waals surface area contributed by atoms with Gasteiger partial charge in [0.15, 0.2) is 11.0 Å². The molecule has 0 saturated heterocycles. The van der Waals surface area contributed by atoms with Gasteiger partial charge in [-0.1, -0.05) is 36.4 Å². The van der Waals surface area contributed by atoms with Gasteiger partial charge in [0.25, 0.3) is 0 Å². The summed E-state index contributed by atoms with van der Waals surface area (Å²) in [6.07, 6.45) is 0. The van der Waals surface area contributed by atoms with Crippen LogP contribution in [-0.2, 0) is 4.74 Å². The highest BCUT2D eigenvalue weighted by molar-refractivity contribution is 6.02. The zero-order valence-corrected chi connectivity index (χ0v) is 13.0. The molecule has 4 heteroatoms. The number of hydrogen-bond acceptors (Lipinski definition) is 4. The zero-order valence-electron chi connectivity index (χ0n) is 13.0. The molecule has 0 spiro atoms. The second-order valence-corrected chi connectivity index (χ2v) is 5.15. The maximum absolute atomic E-state index is 12.6. The number of fused-ring (bicyclic) bond motifs is 1. The Bertz CT molecular complexity index is 923. The van der Waals surface area contributed by atoms with Gasteiger partial charge in [-0.25, -0.2) is 4.79 Å². The van der Waals surface area contributed by atoms with Crippen molar-refractivity contribution in [1.29, 1.82) is 0 Å². The Labute approximate surface area is 133 Å². The van der Waals surface area contributed by atoms with Crippen molar-refractivity contribution in [2.24, 2.45) is 0 Å². The van der Waals surface area contributed by atoms with Crippen LogP contribution in [0.25, 0.3) is 22.3 Å². The third-order valence-electron chi connectivity index (χ3n) is 3.68. The van der Waals surface area contributed by atoms with Crippen molar-refractivity contribution in [3.8, 4) is 11.3 Å². The molecule has 116 valence electrons. The first-order valence-corrected chi connectivity index (χ1v) is 7.42. The highest BCUT2D eigenvalue weighted by atomic mass is 16.5. The van der Waals surface area contributed by atoms with Crippen molar-refractivity contribution in [3.05, 3.63) is 69.9 Å². The molecule has 23 heavy (non-hydrogen) atoms. The fourth-order valence-electron chi connectivity index (χ4n) is 2.54. The van der Waals surface area contributed by atoms with Crippen LogP contribution in [0.15, 0.2) is 57.7 Å². The van der Waals surface area contributed by atoms with Gasteiger partial charge in [0.1, 0.15) is 11.3 Å². The van der Waals surface area contributed by atoms with Crippen LogP contribution >= 0.6 is 0 Å². The lowest BCUT2D eigenvalue weighted by Gasteiger charge is -2.10. The topological polar surface area (TPSA) is 56.5 Å². The summed E-state index contributed by atoms with van der Waals surface area (Å²) in [5.74, 6) is -0.0241. The summed E-state index contributed by atoms with van der Waals surface area (Å²) < 4.78 is 11.0. The van der Waals surface area contributed by atoms with E-state index in [9.17, 15) is 9.59 Å². The van der Waals surface area contributed by atoms with E-state index in [-0.39, 0.29) is 23.2 Å². The van der Waals surface area contributed by atoms with Crippen molar-refractivity contribution in [2.45, 2.75) is 13.8 Å². The Kier molecular flexibility index (Phi) is 3.98. The minimum absolute atomic E-state index is 0.142. The largest absolute Gasteiger partial charge is 0.462 e. The van der Waals surface area contributed by atoms with Crippen molar-refractivity contribution < 1.29 is 13.9 Å². The van der Waals surface area contributed by atoms with E-state index in [4.69, 9.17) is 9.15 Å². The number of carbonyl (C=O) groups is 1. The van der Waals surface area contributed by atoms with Crippen molar-refractivity contribution in [2.75, 3.05) is 6.61 Å². The number of esters is 1. The second-order valence-electron chi connectivity index (χ2n) is 5.15. The van der Waals surface area contributed by atoms with Gasteiger partial charge in [0, 0.05) is 11.1 Å². The first kappa shape index (κ1) is 15.0. The fourth-order valence-corrected chi connectivity index (χ4v) is 2.54. The van der Waals surface area contributed by atoms with E-state index < -0.39 is 5.97 Å². The maximum Gasteiger partial charge on any atom is 0.341 e. The second kappa shape index (κ2) is 6.08. The molecule has 2 aromatic carbocycles. The third kappa shape index (κ3) is 2.63. The van der Waals surface area contributed by atoms with Gasteiger partial charge in [0.05, 0.1) is 12.0 Å². The van der Waals surface area contributed by atoms with E-state index in [1.54, 1.807) is 32.0 Å². The molecule has 0 fully saturated rings. The van der Waals surface area contributed by atoms with E-state index in [1.165, 1.54) is 0 Å². The van der Waals surface area contributed by atoms with Crippen LogP contribution in [0.5, 0.6) is 0 Å². The predicted octanol–water partition coefficient (Wildman–Crippen LogP) is 3.95. The quantitative estimate of drug-likeness (QED) is 0.688. The number of para-hydroxylation sites is 1. The molecular weight excluding hydrogens is 292 g/mol. The summed E-state index contributed by atoms with van der Waals surface area (Å²) in [5, 5.41) is 0.382. The summed E-state index contributed by atoms with van der Waals surface area (Å²) in [5.41, 5.74) is 1.70. The van der Waals surface area contributed by atoms with Gasteiger partial charge >= 0.3 is 5.97 Å². The standard InChI is InChI=1S/C19H16O4/c1-3-22-19(21)15-11-7-10-14-16(20)12(2)17(23-18(14)15)13-8-5-4-6-9-13/h4-11H,3H2,1-2H3. The van der Waals surface area contributed by atoms with E-state index in [2.05, 4.69) is 0 Å². The van der Waals surface area contributed by atoms with Gasteiger partial charge in [-0.15, -0.1) is 0 Å². The van der Waals surface area contributed by atoms with E-state index >= 15 is 0 Å². The fraction of sp³-hybridized carbons (Fsp3) is 0.158. The van der Waals surface area contributed by atoms with E-state index in [1.807, 2.05) is 30.3 Å². The molecule has 1 aromatic heterocycles. The van der Waals surface area contributed by atoms with E-state index in [0.717, 1.165) is 5.56 Å². The summed E-state index contributed by atoms with van der Waals surface area (Å²) in [7, 11) is 0. The molecule has 0 saturated carbocycles. The molecule has 0 amide bonds. The Hall–Kier alpha value is -2.88. The Morgan fingerprint density at radius 3 is 2.52 bits per heavy atom. The van der Waals surface area contributed by atoms with Crippen molar-refractivity contribution >= 4 is 16.9 Å². The first-order valence-electron chi connectivity index (χ1n) is 7.42. The molecule has 0 radical (unpaired) electrons. The minimum Gasteiger partial charge on any atom is -0.462 e. The number of ether oxygens (including phenoxy) is 1. The maximum atomic E-state index is 12.6. The average Bonchev–Trinajstić information content (AvgIpc) is 2.58. The first-order chi connectivity index (χ1) is 11.1. The number of carbonyl (C=O) groups excluding carboxylic acids is 1. The van der Waals surface area contributed by atoms with Crippen molar-refractivity contribution in [3.63, 3.8) is 0 Å². The molecule has 0 atom stereocenters. The molecule has 0 aliphatic heterocycles. The summed E-state index contributed by atoms with van der Waals surface area (Å²) in [6, 6.07) is 14.3.